The van der Waals surface area contributed by atoms with Gasteiger partial charge in [0.05, 0.1) is 5.69 Å². The Morgan fingerprint density at radius 2 is 1.45 bits per heavy atom. The molecule has 0 unspecified atom stereocenters. The molecule has 0 bridgehead atoms. The number of carbonyl (C=O) groups excluding carboxylic acids is 3. The van der Waals surface area contributed by atoms with Crippen molar-refractivity contribution in [1.82, 2.24) is 0 Å². The van der Waals surface area contributed by atoms with E-state index in [2.05, 4.69) is 10.6 Å². The molecule has 0 saturated heterocycles. The van der Waals surface area contributed by atoms with Gasteiger partial charge in [-0.15, -0.1) is 0 Å². The average molecular weight is 296 g/mol. The zero-order chi connectivity index (χ0) is 16.1. The Labute approximate surface area is 128 Å². The fourth-order valence-electron chi connectivity index (χ4n) is 2.06. The van der Waals surface area contributed by atoms with E-state index >= 15 is 0 Å². The molecule has 0 aliphatic rings. The van der Waals surface area contributed by atoms with Gasteiger partial charge in [0.25, 0.3) is 0 Å². The van der Waals surface area contributed by atoms with Gasteiger partial charge < -0.3 is 10.6 Å². The predicted octanol–water partition coefficient (Wildman–Crippen LogP) is 2.83. The van der Waals surface area contributed by atoms with Crippen molar-refractivity contribution in [2.75, 3.05) is 10.6 Å². The third-order valence-electron chi connectivity index (χ3n) is 2.93. The van der Waals surface area contributed by atoms with E-state index in [1.54, 1.807) is 42.5 Å². The highest BCUT2D eigenvalue weighted by molar-refractivity contribution is 6.14. The van der Waals surface area contributed by atoms with Crippen LogP contribution in [0.2, 0.25) is 0 Å². The van der Waals surface area contributed by atoms with Crippen LogP contribution in [0, 0.1) is 0 Å². The first kappa shape index (κ1) is 15.4. The van der Waals surface area contributed by atoms with Crippen molar-refractivity contribution < 1.29 is 14.4 Å². The van der Waals surface area contributed by atoms with E-state index in [0.717, 1.165) is 0 Å². The Bertz CT molecular complexity index is 724. The SMILES string of the molecule is CC(=O)Nc1ccc(NC(C)=O)c(C(=O)c2ccccc2)c1. The number of ketones is 1. The summed E-state index contributed by atoms with van der Waals surface area (Å²) in [5.74, 6) is -0.726. The van der Waals surface area contributed by atoms with Crippen LogP contribution in [-0.4, -0.2) is 17.6 Å². The Morgan fingerprint density at radius 3 is 2.05 bits per heavy atom. The number of nitrogens with one attached hydrogen (secondary N) is 2. The highest BCUT2D eigenvalue weighted by Crippen LogP contribution is 2.24. The lowest BCUT2D eigenvalue weighted by Crippen LogP contribution is -2.13. The zero-order valence-corrected chi connectivity index (χ0v) is 12.3. The standard InChI is InChI=1S/C17H16N2O3/c1-11(20)18-14-8-9-16(19-12(2)21)15(10-14)17(22)13-6-4-3-5-7-13/h3-10H,1-2H3,(H,18,20)(H,19,21). The van der Waals surface area contributed by atoms with Crippen molar-refractivity contribution >= 4 is 29.0 Å². The lowest BCUT2D eigenvalue weighted by atomic mass is 10.0. The first-order valence-corrected chi connectivity index (χ1v) is 6.76. The number of anilines is 2. The monoisotopic (exact) mass is 296 g/mol. The number of amides is 2. The van der Waals surface area contributed by atoms with Gasteiger partial charge in [-0.25, -0.2) is 0 Å². The molecule has 5 nitrogen and oxygen atoms in total. The maximum absolute atomic E-state index is 12.6. The summed E-state index contributed by atoms with van der Waals surface area (Å²) in [5, 5.41) is 5.26. The van der Waals surface area contributed by atoms with Crippen LogP contribution in [-0.2, 0) is 9.59 Å². The minimum absolute atomic E-state index is 0.225. The average Bonchev–Trinajstić information content (AvgIpc) is 2.48. The van der Waals surface area contributed by atoms with Gasteiger partial charge in [0, 0.05) is 30.7 Å². The molecule has 22 heavy (non-hydrogen) atoms. The molecule has 0 atom stereocenters. The summed E-state index contributed by atoms with van der Waals surface area (Å²) in [5.41, 5.74) is 1.75. The van der Waals surface area contributed by atoms with E-state index in [0.29, 0.717) is 22.5 Å². The molecule has 112 valence electrons. The van der Waals surface area contributed by atoms with Crippen LogP contribution in [0.3, 0.4) is 0 Å². The van der Waals surface area contributed by atoms with Crippen molar-refractivity contribution in [2.24, 2.45) is 0 Å². The second-order valence-corrected chi connectivity index (χ2v) is 4.82. The molecule has 2 amide bonds. The van der Waals surface area contributed by atoms with E-state index in [4.69, 9.17) is 0 Å². The van der Waals surface area contributed by atoms with Gasteiger partial charge in [-0.3, -0.25) is 14.4 Å². The molecule has 0 aliphatic carbocycles. The Kier molecular flexibility index (Phi) is 4.68. The van der Waals surface area contributed by atoms with Crippen LogP contribution in [0.25, 0.3) is 0 Å². The molecule has 0 fully saturated rings. The zero-order valence-electron chi connectivity index (χ0n) is 12.3. The van der Waals surface area contributed by atoms with Gasteiger partial charge in [0.1, 0.15) is 0 Å². The van der Waals surface area contributed by atoms with Crippen molar-refractivity contribution in [2.45, 2.75) is 13.8 Å². The minimum atomic E-state index is -0.269. The number of rotatable bonds is 4. The fourth-order valence-corrected chi connectivity index (χ4v) is 2.06. The molecule has 2 aromatic rings. The molecule has 0 heterocycles. The van der Waals surface area contributed by atoms with E-state index < -0.39 is 0 Å². The molecular formula is C17H16N2O3. The number of carbonyl (C=O) groups is 3. The van der Waals surface area contributed by atoms with E-state index in [9.17, 15) is 14.4 Å². The summed E-state index contributed by atoms with van der Waals surface area (Å²) in [7, 11) is 0. The lowest BCUT2D eigenvalue weighted by Gasteiger charge is -2.12. The van der Waals surface area contributed by atoms with Crippen LogP contribution in [0.4, 0.5) is 11.4 Å². The van der Waals surface area contributed by atoms with Gasteiger partial charge in [-0.2, -0.15) is 0 Å². The third-order valence-corrected chi connectivity index (χ3v) is 2.93. The fraction of sp³-hybridized carbons (Fsp3) is 0.118. The molecule has 0 aromatic heterocycles. The van der Waals surface area contributed by atoms with Gasteiger partial charge in [-0.1, -0.05) is 30.3 Å². The smallest absolute Gasteiger partial charge is 0.221 e. The summed E-state index contributed by atoms with van der Waals surface area (Å²) >= 11 is 0. The van der Waals surface area contributed by atoms with Crippen molar-refractivity contribution in [3.05, 3.63) is 59.7 Å². The van der Waals surface area contributed by atoms with Crippen LogP contribution in [0.1, 0.15) is 29.8 Å². The molecule has 5 heteroatoms. The number of benzene rings is 2. The summed E-state index contributed by atoms with van der Waals surface area (Å²) in [6.07, 6.45) is 0. The third kappa shape index (κ3) is 3.79. The normalized spacial score (nSPS) is 9.91. The second kappa shape index (κ2) is 6.67. The van der Waals surface area contributed by atoms with Crippen molar-refractivity contribution in [1.29, 1.82) is 0 Å². The highest BCUT2D eigenvalue weighted by atomic mass is 16.2. The molecule has 2 rings (SSSR count). The van der Waals surface area contributed by atoms with E-state index in [-0.39, 0.29) is 17.6 Å². The molecular weight excluding hydrogens is 280 g/mol. The number of hydrogen-bond donors (Lipinski definition) is 2. The van der Waals surface area contributed by atoms with Crippen molar-refractivity contribution in [3.8, 4) is 0 Å². The molecule has 2 aromatic carbocycles. The molecule has 2 N–H and O–H groups in total. The molecule has 0 radical (unpaired) electrons. The largest absolute Gasteiger partial charge is 0.326 e. The maximum Gasteiger partial charge on any atom is 0.221 e. The summed E-state index contributed by atoms with van der Waals surface area (Å²) in [6, 6.07) is 13.5. The second-order valence-electron chi connectivity index (χ2n) is 4.82. The van der Waals surface area contributed by atoms with Crippen LogP contribution < -0.4 is 10.6 Å². The predicted molar refractivity (Wildman–Crippen MR) is 84.9 cm³/mol. The topological polar surface area (TPSA) is 75.3 Å². The Hall–Kier alpha value is -2.95. The summed E-state index contributed by atoms with van der Waals surface area (Å²) < 4.78 is 0. The first-order chi connectivity index (χ1) is 10.5. The Balaban J connectivity index is 2.46. The summed E-state index contributed by atoms with van der Waals surface area (Å²) in [4.78, 5) is 35.1. The van der Waals surface area contributed by atoms with E-state index in [1.807, 2.05) is 6.07 Å². The maximum atomic E-state index is 12.6. The quantitative estimate of drug-likeness (QED) is 0.852. The molecule has 0 spiro atoms. The highest BCUT2D eigenvalue weighted by Gasteiger charge is 2.15. The molecule has 0 saturated carbocycles. The van der Waals surface area contributed by atoms with Crippen LogP contribution in [0.15, 0.2) is 48.5 Å². The van der Waals surface area contributed by atoms with Gasteiger partial charge >= 0.3 is 0 Å². The van der Waals surface area contributed by atoms with Gasteiger partial charge in [0.15, 0.2) is 5.78 Å². The molecule has 0 aliphatic heterocycles. The van der Waals surface area contributed by atoms with Crippen molar-refractivity contribution in [3.63, 3.8) is 0 Å². The van der Waals surface area contributed by atoms with Gasteiger partial charge in [-0.05, 0) is 18.2 Å². The van der Waals surface area contributed by atoms with E-state index in [1.165, 1.54) is 13.8 Å². The first-order valence-electron chi connectivity index (χ1n) is 6.76. The Morgan fingerprint density at radius 1 is 0.818 bits per heavy atom. The van der Waals surface area contributed by atoms with Crippen LogP contribution >= 0.6 is 0 Å². The minimum Gasteiger partial charge on any atom is -0.326 e. The number of hydrogen-bond acceptors (Lipinski definition) is 3. The van der Waals surface area contributed by atoms with Gasteiger partial charge in [0.2, 0.25) is 11.8 Å². The van der Waals surface area contributed by atoms with Crippen LogP contribution in [0.5, 0.6) is 0 Å². The summed E-state index contributed by atoms with van der Waals surface area (Å²) in [6.45, 7) is 2.76. The lowest BCUT2D eigenvalue weighted by molar-refractivity contribution is -0.115.